The summed E-state index contributed by atoms with van der Waals surface area (Å²) in [6.45, 7) is 9.13. The molecule has 0 spiro atoms. The van der Waals surface area contributed by atoms with E-state index in [0.717, 1.165) is 6.54 Å². The van der Waals surface area contributed by atoms with E-state index in [9.17, 15) is 4.79 Å². The smallest absolute Gasteiger partial charge is 0.234 e. The Morgan fingerprint density at radius 3 is 2.61 bits per heavy atom. The Bertz CT molecular complexity index is 218. The van der Waals surface area contributed by atoms with Crippen LogP contribution in [-0.2, 0) is 9.53 Å². The second-order valence-electron chi connectivity index (χ2n) is 5.57. The van der Waals surface area contributed by atoms with E-state index in [1.165, 1.54) is 25.7 Å². The monoisotopic (exact) mass is 258 g/mol. The van der Waals surface area contributed by atoms with Crippen LogP contribution in [0.15, 0.2) is 0 Å². The standard InChI is InChI=1S/C14H30N2O2/c1-5-6-7-8-14(2,3)12-15-11-13(17)16-9-10-18-4/h15H,5-12H2,1-4H3,(H,16,17). The van der Waals surface area contributed by atoms with Crippen LogP contribution in [0.5, 0.6) is 0 Å². The predicted octanol–water partition coefficient (Wildman–Crippen LogP) is 1.95. The van der Waals surface area contributed by atoms with Crippen LogP contribution in [0.2, 0.25) is 0 Å². The minimum absolute atomic E-state index is 0.0383. The minimum Gasteiger partial charge on any atom is -0.383 e. The van der Waals surface area contributed by atoms with Gasteiger partial charge in [-0.15, -0.1) is 0 Å². The van der Waals surface area contributed by atoms with Gasteiger partial charge in [-0.1, -0.05) is 40.0 Å². The highest BCUT2D eigenvalue weighted by Crippen LogP contribution is 2.22. The number of nitrogens with one attached hydrogen (secondary N) is 2. The van der Waals surface area contributed by atoms with Crippen LogP contribution >= 0.6 is 0 Å². The summed E-state index contributed by atoms with van der Waals surface area (Å²) < 4.78 is 4.87. The van der Waals surface area contributed by atoms with E-state index in [1.807, 2.05) is 0 Å². The van der Waals surface area contributed by atoms with Crippen molar-refractivity contribution in [2.24, 2.45) is 5.41 Å². The van der Waals surface area contributed by atoms with Crippen LogP contribution in [0.25, 0.3) is 0 Å². The van der Waals surface area contributed by atoms with Crippen LogP contribution < -0.4 is 10.6 Å². The molecule has 0 aliphatic rings. The maximum absolute atomic E-state index is 11.4. The van der Waals surface area contributed by atoms with Crippen molar-refractivity contribution < 1.29 is 9.53 Å². The van der Waals surface area contributed by atoms with Gasteiger partial charge in [-0.05, 0) is 11.8 Å². The number of carbonyl (C=O) groups excluding carboxylic acids is 1. The fourth-order valence-electron chi connectivity index (χ4n) is 1.81. The van der Waals surface area contributed by atoms with Crippen molar-refractivity contribution in [3.05, 3.63) is 0 Å². The van der Waals surface area contributed by atoms with Gasteiger partial charge in [0.25, 0.3) is 0 Å². The average molecular weight is 258 g/mol. The van der Waals surface area contributed by atoms with E-state index in [2.05, 4.69) is 31.4 Å². The van der Waals surface area contributed by atoms with Gasteiger partial charge in [0.1, 0.15) is 0 Å². The van der Waals surface area contributed by atoms with Gasteiger partial charge in [0.15, 0.2) is 0 Å². The highest BCUT2D eigenvalue weighted by Gasteiger charge is 2.16. The molecule has 0 rings (SSSR count). The van der Waals surface area contributed by atoms with Gasteiger partial charge < -0.3 is 15.4 Å². The third-order valence-corrected chi connectivity index (χ3v) is 2.97. The van der Waals surface area contributed by atoms with E-state index in [4.69, 9.17) is 4.74 Å². The predicted molar refractivity (Wildman–Crippen MR) is 75.7 cm³/mol. The summed E-state index contributed by atoms with van der Waals surface area (Å²) in [4.78, 5) is 11.4. The largest absolute Gasteiger partial charge is 0.383 e. The van der Waals surface area contributed by atoms with Crippen molar-refractivity contribution in [1.82, 2.24) is 10.6 Å². The fourth-order valence-corrected chi connectivity index (χ4v) is 1.81. The molecule has 0 saturated carbocycles. The normalized spacial score (nSPS) is 11.6. The first-order valence-electron chi connectivity index (χ1n) is 6.98. The number of carbonyl (C=O) groups is 1. The maximum atomic E-state index is 11.4. The molecule has 0 aromatic carbocycles. The van der Waals surface area contributed by atoms with Gasteiger partial charge >= 0.3 is 0 Å². The molecule has 0 saturated heterocycles. The number of hydrogen-bond acceptors (Lipinski definition) is 3. The molecule has 0 aromatic rings. The van der Waals surface area contributed by atoms with Gasteiger partial charge in [0.2, 0.25) is 5.91 Å². The van der Waals surface area contributed by atoms with Crippen molar-refractivity contribution >= 4 is 5.91 Å². The molecule has 1 amide bonds. The van der Waals surface area contributed by atoms with Crippen LogP contribution in [-0.4, -0.2) is 39.3 Å². The van der Waals surface area contributed by atoms with E-state index in [-0.39, 0.29) is 11.3 Å². The van der Waals surface area contributed by atoms with Crippen LogP contribution in [0, 0.1) is 5.41 Å². The minimum atomic E-state index is 0.0383. The summed E-state index contributed by atoms with van der Waals surface area (Å²) in [5.41, 5.74) is 0.266. The molecular formula is C14H30N2O2. The fraction of sp³-hybridized carbons (Fsp3) is 0.929. The SMILES string of the molecule is CCCCCC(C)(C)CNCC(=O)NCCOC. The number of hydrogen-bond donors (Lipinski definition) is 2. The molecule has 4 heteroatoms. The van der Waals surface area contributed by atoms with E-state index < -0.39 is 0 Å². The van der Waals surface area contributed by atoms with E-state index in [0.29, 0.717) is 19.7 Å². The number of ether oxygens (including phenoxy) is 1. The lowest BCUT2D eigenvalue weighted by molar-refractivity contribution is -0.120. The number of methoxy groups -OCH3 is 1. The summed E-state index contributed by atoms with van der Waals surface area (Å²) in [6, 6.07) is 0. The number of unbranched alkanes of at least 4 members (excludes halogenated alkanes) is 2. The van der Waals surface area contributed by atoms with Gasteiger partial charge in [0.05, 0.1) is 13.2 Å². The molecule has 0 aromatic heterocycles. The molecule has 0 heterocycles. The van der Waals surface area contributed by atoms with Gasteiger partial charge in [0, 0.05) is 20.2 Å². The Balaban J connectivity index is 3.58. The molecule has 2 N–H and O–H groups in total. The summed E-state index contributed by atoms with van der Waals surface area (Å²) in [5, 5.41) is 6.02. The third-order valence-electron chi connectivity index (χ3n) is 2.97. The van der Waals surface area contributed by atoms with Gasteiger partial charge in [-0.3, -0.25) is 4.79 Å². The second kappa shape index (κ2) is 10.3. The molecule has 0 fully saturated rings. The van der Waals surface area contributed by atoms with Crippen molar-refractivity contribution in [2.45, 2.75) is 46.5 Å². The molecule has 0 radical (unpaired) electrons. The van der Waals surface area contributed by atoms with Crippen LogP contribution in [0.3, 0.4) is 0 Å². The first kappa shape index (κ1) is 17.4. The molecule has 0 bridgehead atoms. The van der Waals surface area contributed by atoms with Crippen LogP contribution in [0.1, 0.15) is 46.5 Å². The first-order chi connectivity index (χ1) is 8.52. The lowest BCUT2D eigenvalue weighted by Gasteiger charge is -2.24. The Kier molecular flexibility index (Phi) is 9.98. The molecule has 0 aliphatic heterocycles. The van der Waals surface area contributed by atoms with Crippen molar-refractivity contribution in [3.63, 3.8) is 0 Å². The third kappa shape index (κ3) is 10.5. The van der Waals surface area contributed by atoms with Crippen LogP contribution in [0.4, 0.5) is 0 Å². The Morgan fingerprint density at radius 2 is 2.00 bits per heavy atom. The quantitative estimate of drug-likeness (QED) is 0.557. The van der Waals surface area contributed by atoms with Crippen molar-refractivity contribution in [2.75, 3.05) is 33.4 Å². The molecule has 108 valence electrons. The lowest BCUT2D eigenvalue weighted by atomic mass is 9.87. The zero-order valence-electron chi connectivity index (χ0n) is 12.5. The first-order valence-corrected chi connectivity index (χ1v) is 6.98. The van der Waals surface area contributed by atoms with Crippen molar-refractivity contribution in [1.29, 1.82) is 0 Å². The Hall–Kier alpha value is -0.610. The molecule has 0 unspecified atom stereocenters. The summed E-state index contributed by atoms with van der Waals surface area (Å²) >= 11 is 0. The van der Waals surface area contributed by atoms with Gasteiger partial charge in [-0.2, -0.15) is 0 Å². The maximum Gasteiger partial charge on any atom is 0.234 e. The number of rotatable bonds is 11. The lowest BCUT2D eigenvalue weighted by Crippen LogP contribution is -2.39. The highest BCUT2D eigenvalue weighted by molar-refractivity contribution is 5.77. The molecule has 18 heavy (non-hydrogen) atoms. The molecule has 0 atom stereocenters. The van der Waals surface area contributed by atoms with Gasteiger partial charge in [-0.25, -0.2) is 0 Å². The average Bonchev–Trinajstić information content (AvgIpc) is 2.29. The summed E-state index contributed by atoms with van der Waals surface area (Å²) in [5.74, 6) is 0.0383. The zero-order valence-corrected chi connectivity index (χ0v) is 12.5. The summed E-state index contributed by atoms with van der Waals surface area (Å²) in [7, 11) is 1.63. The van der Waals surface area contributed by atoms with E-state index >= 15 is 0 Å². The topological polar surface area (TPSA) is 50.4 Å². The number of amides is 1. The Labute approximate surface area is 112 Å². The molecule has 4 nitrogen and oxygen atoms in total. The second-order valence-corrected chi connectivity index (χ2v) is 5.57. The Morgan fingerprint density at radius 1 is 1.28 bits per heavy atom. The molecular weight excluding hydrogens is 228 g/mol. The highest BCUT2D eigenvalue weighted by atomic mass is 16.5. The zero-order chi connectivity index (χ0) is 13.9. The summed E-state index contributed by atoms with van der Waals surface area (Å²) in [6.07, 6.45) is 5.02. The van der Waals surface area contributed by atoms with Crippen molar-refractivity contribution in [3.8, 4) is 0 Å². The molecule has 0 aliphatic carbocycles. The van der Waals surface area contributed by atoms with E-state index in [1.54, 1.807) is 7.11 Å².